The van der Waals surface area contributed by atoms with Gasteiger partial charge in [0.1, 0.15) is 5.82 Å². The molecule has 0 aliphatic rings. The molecule has 0 radical (unpaired) electrons. The molecule has 0 spiro atoms. The average molecular weight is 234 g/mol. The fourth-order valence-electron chi connectivity index (χ4n) is 0.902. The summed E-state index contributed by atoms with van der Waals surface area (Å²) >= 11 is 3.04. The summed E-state index contributed by atoms with van der Waals surface area (Å²) in [4.78, 5) is 0. The molecular weight excluding hydrogens is 225 g/mol. The molecule has 4 heteroatoms. The molecule has 0 saturated heterocycles. The van der Waals surface area contributed by atoms with E-state index in [2.05, 4.69) is 15.9 Å². The van der Waals surface area contributed by atoms with Gasteiger partial charge >= 0.3 is 0 Å². The lowest BCUT2D eigenvalue weighted by atomic mass is 10.2. The zero-order chi connectivity index (χ0) is 9.14. The maximum atomic E-state index is 12.9. The molecule has 0 heterocycles. The van der Waals surface area contributed by atoms with Gasteiger partial charge in [-0.2, -0.15) is 5.06 Å². The molecule has 0 fully saturated rings. The lowest BCUT2D eigenvalue weighted by Crippen LogP contribution is -2.11. The summed E-state index contributed by atoms with van der Waals surface area (Å²) in [6.07, 6.45) is 0. The second kappa shape index (κ2) is 3.98. The maximum Gasteiger partial charge on any atom is 0.137 e. The Morgan fingerprint density at radius 3 is 2.75 bits per heavy atom. The lowest BCUT2D eigenvalue weighted by Gasteiger charge is -2.07. The van der Waals surface area contributed by atoms with Crippen LogP contribution in [0, 0.1) is 5.82 Å². The van der Waals surface area contributed by atoms with Crippen molar-refractivity contribution in [1.82, 2.24) is 5.06 Å². The van der Waals surface area contributed by atoms with E-state index in [0.717, 1.165) is 10.6 Å². The van der Waals surface area contributed by atoms with Crippen molar-refractivity contribution in [3.63, 3.8) is 0 Å². The highest BCUT2D eigenvalue weighted by molar-refractivity contribution is 9.10. The van der Waals surface area contributed by atoms with E-state index >= 15 is 0 Å². The number of hydrogen-bond donors (Lipinski definition) is 1. The second-order valence-electron chi connectivity index (χ2n) is 2.56. The normalized spacial score (nSPS) is 10.8. The van der Waals surface area contributed by atoms with Crippen LogP contribution in [0.25, 0.3) is 0 Å². The first kappa shape index (κ1) is 9.64. The molecule has 12 heavy (non-hydrogen) atoms. The van der Waals surface area contributed by atoms with Gasteiger partial charge in [-0.25, -0.2) is 4.39 Å². The molecule has 2 nitrogen and oxygen atoms in total. The SMILES string of the molecule is CN(O)Cc1ccc(Br)c(F)c1. The fraction of sp³-hybridized carbons (Fsp3) is 0.250. The van der Waals surface area contributed by atoms with Gasteiger partial charge in [-0.05, 0) is 33.6 Å². The third-order valence-electron chi connectivity index (χ3n) is 1.40. The summed E-state index contributed by atoms with van der Waals surface area (Å²) in [6.45, 7) is 0.324. The van der Waals surface area contributed by atoms with Crippen molar-refractivity contribution in [2.24, 2.45) is 0 Å². The molecule has 0 aliphatic carbocycles. The van der Waals surface area contributed by atoms with Crippen molar-refractivity contribution in [2.45, 2.75) is 6.54 Å². The van der Waals surface area contributed by atoms with Crippen LogP contribution in [0.15, 0.2) is 22.7 Å². The summed E-state index contributed by atoms with van der Waals surface area (Å²) in [5.74, 6) is -0.311. The summed E-state index contributed by atoms with van der Waals surface area (Å²) < 4.78 is 13.3. The van der Waals surface area contributed by atoms with Gasteiger partial charge in [0, 0.05) is 13.6 Å². The minimum atomic E-state index is -0.311. The van der Waals surface area contributed by atoms with Gasteiger partial charge in [0.25, 0.3) is 0 Å². The van der Waals surface area contributed by atoms with Crippen molar-refractivity contribution in [3.05, 3.63) is 34.1 Å². The van der Waals surface area contributed by atoms with Gasteiger partial charge in [-0.1, -0.05) is 6.07 Å². The Morgan fingerprint density at radius 2 is 2.25 bits per heavy atom. The van der Waals surface area contributed by atoms with Crippen LogP contribution < -0.4 is 0 Å². The molecule has 0 aliphatic heterocycles. The third-order valence-corrected chi connectivity index (χ3v) is 2.04. The molecule has 1 aromatic rings. The number of rotatable bonds is 2. The van der Waals surface area contributed by atoms with Crippen LogP contribution in [0.5, 0.6) is 0 Å². The zero-order valence-corrected chi connectivity index (χ0v) is 8.18. The quantitative estimate of drug-likeness (QED) is 0.794. The van der Waals surface area contributed by atoms with Gasteiger partial charge in [0.2, 0.25) is 0 Å². The molecular formula is C8H9BrFNO. The lowest BCUT2D eigenvalue weighted by molar-refractivity contribution is -0.0732. The Kier molecular flexibility index (Phi) is 3.20. The highest BCUT2D eigenvalue weighted by Crippen LogP contribution is 2.16. The molecule has 1 rings (SSSR count). The smallest absolute Gasteiger partial charge is 0.137 e. The molecule has 1 aromatic carbocycles. The summed E-state index contributed by atoms with van der Waals surface area (Å²) in [7, 11) is 1.51. The number of hydroxylamine groups is 2. The van der Waals surface area contributed by atoms with Crippen LogP contribution in [-0.2, 0) is 6.54 Å². The van der Waals surface area contributed by atoms with Crippen LogP contribution in [0.4, 0.5) is 4.39 Å². The molecule has 0 atom stereocenters. The molecule has 0 amide bonds. The highest BCUT2D eigenvalue weighted by atomic mass is 79.9. The van der Waals surface area contributed by atoms with Gasteiger partial charge in [0.05, 0.1) is 4.47 Å². The molecule has 66 valence electrons. The van der Waals surface area contributed by atoms with E-state index in [1.807, 2.05) is 0 Å². The summed E-state index contributed by atoms with van der Waals surface area (Å²) in [5.41, 5.74) is 0.737. The predicted molar refractivity (Wildman–Crippen MR) is 47.4 cm³/mol. The number of nitrogens with zero attached hydrogens (tertiary/aromatic N) is 1. The summed E-state index contributed by atoms with van der Waals surface area (Å²) in [5, 5.41) is 9.87. The molecule has 0 unspecified atom stereocenters. The molecule has 0 bridgehead atoms. The molecule has 1 N–H and O–H groups in total. The number of hydrogen-bond acceptors (Lipinski definition) is 2. The van der Waals surface area contributed by atoms with Gasteiger partial charge < -0.3 is 5.21 Å². The van der Waals surface area contributed by atoms with Gasteiger partial charge in [0.15, 0.2) is 0 Å². The molecule has 0 aromatic heterocycles. The number of benzene rings is 1. The van der Waals surface area contributed by atoms with Crippen LogP contribution in [0.2, 0.25) is 0 Å². The van der Waals surface area contributed by atoms with Crippen LogP contribution >= 0.6 is 15.9 Å². The first-order valence-electron chi connectivity index (χ1n) is 3.43. The maximum absolute atomic E-state index is 12.9. The summed E-state index contributed by atoms with van der Waals surface area (Å²) in [6, 6.07) is 4.75. The topological polar surface area (TPSA) is 23.5 Å². The van der Waals surface area contributed by atoms with E-state index in [1.54, 1.807) is 12.1 Å². The van der Waals surface area contributed by atoms with Crippen LogP contribution in [0.1, 0.15) is 5.56 Å². The first-order chi connectivity index (χ1) is 5.59. The van der Waals surface area contributed by atoms with Crippen molar-refractivity contribution in [2.75, 3.05) is 7.05 Å². The van der Waals surface area contributed by atoms with E-state index in [9.17, 15) is 4.39 Å². The van der Waals surface area contributed by atoms with E-state index in [4.69, 9.17) is 5.21 Å². The fourth-order valence-corrected chi connectivity index (χ4v) is 1.15. The average Bonchev–Trinajstić information content (AvgIpc) is 1.96. The van der Waals surface area contributed by atoms with E-state index in [-0.39, 0.29) is 5.82 Å². The Bertz CT molecular complexity index is 278. The third kappa shape index (κ3) is 2.55. The van der Waals surface area contributed by atoms with Crippen molar-refractivity contribution in [3.8, 4) is 0 Å². The van der Waals surface area contributed by atoms with Crippen molar-refractivity contribution < 1.29 is 9.60 Å². The Labute approximate surface area is 78.7 Å². The Balaban J connectivity index is 2.82. The largest absolute Gasteiger partial charge is 0.314 e. The minimum absolute atomic E-state index is 0.311. The standard InChI is InChI=1S/C8H9BrFNO/c1-11(12)5-6-2-3-7(9)8(10)4-6/h2-4,12H,5H2,1H3. The Morgan fingerprint density at radius 1 is 1.58 bits per heavy atom. The van der Waals surface area contributed by atoms with Crippen molar-refractivity contribution in [1.29, 1.82) is 0 Å². The molecule has 0 saturated carbocycles. The highest BCUT2D eigenvalue weighted by Gasteiger charge is 2.01. The predicted octanol–water partition coefficient (Wildman–Crippen LogP) is 2.41. The Hall–Kier alpha value is -0.450. The van der Waals surface area contributed by atoms with Gasteiger partial charge in [-0.3, -0.25) is 0 Å². The first-order valence-corrected chi connectivity index (χ1v) is 4.23. The van der Waals surface area contributed by atoms with Crippen LogP contribution in [-0.4, -0.2) is 17.3 Å². The van der Waals surface area contributed by atoms with E-state index in [0.29, 0.717) is 11.0 Å². The van der Waals surface area contributed by atoms with E-state index in [1.165, 1.54) is 13.1 Å². The minimum Gasteiger partial charge on any atom is -0.314 e. The van der Waals surface area contributed by atoms with Crippen LogP contribution in [0.3, 0.4) is 0 Å². The second-order valence-corrected chi connectivity index (χ2v) is 3.42. The monoisotopic (exact) mass is 233 g/mol. The van der Waals surface area contributed by atoms with Crippen molar-refractivity contribution >= 4 is 15.9 Å². The van der Waals surface area contributed by atoms with E-state index < -0.39 is 0 Å². The number of halogens is 2. The van der Waals surface area contributed by atoms with Gasteiger partial charge in [-0.15, -0.1) is 0 Å². The zero-order valence-electron chi connectivity index (χ0n) is 6.59.